The maximum atomic E-state index is 5.78. The quantitative estimate of drug-likeness (QED) is 0.306. The monoisotopic (exact) mass is 459 g/mol. The summed E-state index contributed by atoms with van der Waals surface area (Å²) in [5.41, 5.74) is 0.604. The number of rotatable bonds is 6. The van der Waals surface area contributed by atoms with Crippen LogP contribution in [0.15, 0.2) is 29.3 Å². The van der Waals surface area contributed by atoms with Crippen molar-refractivity contribution in [1.82, 2.24) is 10.2 Å². The third-order valence-corrected chi connectivity index (χ3v) is 5.28. The number of hydrogen-bond acceptors (Lipinski definition) is 3. The Labute approximate surface area is 168 Å². The van der Waals surface area contributed by atoms with Crippen molar-refractivity contribution >= 4 is 29.9 Å². The number of hydrogen-bond donors (Lipinski definition) is 1. The van der Waals surface area contributed by atoms with Gasteiger partial charge in [0.05, 0.1) is 13.7 Å². The molecule has 3 rings (SSSR count). The fraction of sp³-hybridized carbons (Fsp3) is 0.632. The van der Waals surface area contributed by atoms with Crippen LogP contribution in [0.4, 0.5) is 0 Å². The number of guanidine groups is 1. The average molecular weight is 459 g/mol. The number of ether oxygens (including phenoxy) is 2. The summed E-state index contributed by atoms with van der Waals surface area (Å²) in [7, 11) is 3.54. The molecule has 1 aromatic rings. The van der Waals surface area contributed by atoms with Crippen LogP contribution in [0.2, 0.25) is 0 Å². The van der Waals surface area contributed by atoms with Crippen molar-refractivity contribution in [3.8, 4) is 11.5 Å². The third-order valence-electron chi connectivity index (χ3n) is 5.28. The highest BCUT2D eigenvalue weighted by Crippen LogP contribution is 2.47. The minimum Gasteiger partial charge on any atom is -0.497 e. The van der Waals surface area contributed by atoms with Gasteiger partial charge in [0.15, 0.2) is 5.96 Å². The molecular weight excluding hydrogens is 429 g/mol. The Morgan fingerprint density at radius 3 is 2.72 bits per heavy atom. The predicted molar refractivity (Wildman–Crippen MR) is 112 cm³/mol. The van der Waals surface area contributed by atoms with Crippen LogP contribution in [0.1, 0.15) is 32.1 Å². The molecule has 1 heterocycles. The molecule has 6 heteroatoms. The van der Waals surface area contributed by atoms with E-state index in [1.807, 2.05) is 31.3 Å². The highest BCUT2D eigenvalue weighted by atomic mass is 127. The number of halogens is 1. The van der Waals surface area contributed by atoms with Crippen LogP contribution >= 0.6 is 24.0 Å². The van der Waals surface area contributed by atoms with E-state index in [4.69, 9.17) is 9.47 Å². The molecule has 1 saturated heterocycles. The summed E-state index contributed by atoms with van der Waals surface area (Å²) < 4.78 is 11.0. The van der Waals surface area contributed by atoms with Crippen molar-refractivity contribution in [1.29, 1.82) is 0 Å². The summed E-state index contributed by atoms with van der Waals surface area (Å²) in [6, 6.07) is 7.73. The van der Waals surface area contributed by atoms with E-state index in [-0.39, 0.29) is 24.0 Å². The van der Waals surface area contributed by atoms with Gasteiger partial charge in [0.25, 0.3) is 0 Å². The molecule has 140 valence electrons. The van der Waals surface area contributed by atoms with Gasteiger partial charge in [-0.05, 0) is 43.2 Å². The lowest BCUT2D eigenvalue weighted by Gasteiger charge is -2.38. The highest BCUT2D eigenvalue weighted by Gasteiger charge is 2.43. The molecule has 25 heavy (non-hydrogen) atoms. The molecule has 0 aromatic heterocycles. The van der Waals surface area contributed by atoms with Gasteiger partial charge in [-0.3, -0.25) is 4.99 Å². The van der Waals surface area contributed by atoms with Crippen molar-refractivity contribution in [3.63, 3.8) is 0 Å². The van der Waals surface area contributed by atoms with Crippen LogP contribution in [0, 0.1) is 5.41 Å². The van der Waals surface area contributed by atoms with Gasteiger partial charge in [-0.15, -0.1) is 24.0 Å². The number of aliphatic imine (C=N–C) groups is 1. The van der Waals surface area contributed by atoms with E-state index in [0.717, 1.165) is 37.0 Å². The number of likely N-dealkylation sites (tertiary alicyclic amines) is 1. The summed E-state index contributed by atoms with van der Waals surface area (Å²) >= 11 is 0. The molecule has 2 fully saturated rings. The first kappa shape index (κ1) is 20.1. The van der Waals surface area contributed by atoms with Gasteiger partial charge in [0, 0.05) is 32.7 Å². The molecule has 0 amide bonds. The zero-order valence-electron chi connectivity index (χ0n) is 15.3. The fourth-order valence-electron chi connectivity index (χ4n) is 3.69. The van der Waals surface area contributed by atoms with Crippen molar-refractivity contribution < 1.29 is 9.47 Å². The second-order valence-electron chi connectivity index (χ2n) is 6.88. The number of nitrogens with zero attached hydrogens (tertiary/aromatic N) is 2. The Morgan fingerprint density at radius 2 is 2.08 bits per heavy atom. The molecule has 1 aliphatic heterocycles. The first-order valence-electron chi connectivity index (χ1n) is 8.97. The van der Waals surface area contributed by atoms with Crippen molar-refractivity contribution in [2.24, 2.45) is 10.4 Å². The number of benzene rings is 1. The maximum absolute atomic E-state index is 5.78. The van der Waals surface area contributed by atoms with Gasteiger partial charge >= 0.3 is 0 Å². The molecule has 1 aromatic carbocycles. The molecule has 0 atom stereocenters. The Hall–Kier alpha value is -1.18. The second kappa shape index (κ2) is 9.50. The molecule has 1 aliphatic carbocycles. The van der Waals surface area contributed by atoms with Crippen LogP contribution < -0.4 is 14.8 Å². The fourth-order valence-corrected chi connectivity index (χ4v) is 3.69. The zero-order valence-corrected chi connectivity index (χ0v) is 17.6. The Balaban J connectivity index is 0.00000225. The predicted octanol–water partition coefficient (Wildman–Crippen LogP) is 3.53. The summed E-state index contributed by atoms with van der Waals surface area (Å²) in [6.45, 7) is 3.87. The molecule has 2 aliphatic rings. The van der Waals surface area contributed by atoms with E-state index < -0.39 is 0 Å². The largest absolute Gasteiger partial charge is 0.497 e. The SMILES string of the molecule is CN=C(NCCCOc1cccc(OC)c1)N1CCC2(CCC2)C1.I. The minimum atomic E-state index is 0. The van der Waals surface area contributed by atoms with E-state index in [0.29, 0.717) is 12.0 Å². The molecule has 1 saturated carbocycles. The lowest BCUT2D eigenvalue weighted by atomic mass is 9.68. The maximum Gasteiger partial charge on any atom is 0.193 e. The van der Waals surface area contributed by atoms with Crippen LogP contribution in [-0.2, 0) is 0 Å². The van der Waals surface area contributed by atoms with Gasteiger partial charge in [-0.25, -0.2) is 0 Å². The van der Waals surface area contributed by atoms with E-state index in [1.165, 1.54) is 32.2 Å². The summed E-state index contributed by atoms with van der Waals surface area (Å²) in [5, 5.41) is 3.48. The molecule has 1 N–H and O–H groups in total. The number of nitrogens with one attached hydrogen (secondary N) is 1. The molecule has 5 nitrogen and oxygen atoms in total. The molecule has 0 unspecified atom stereocenters. The highest BCUT2D eigenvalue weighted by molar-refractivity contribution is 14.0. The van der Waals surface area contributed by atoms with Crippen molar-refractivity contribution in [2.75, 3.05) is 40.4 Å². The zero-order chi connectivity index (χ0) is 16.8. The number of methoxy groups -OCH3 is 1. The van der Waals surface area contributed by atoms with E-state index >= 15 is 0 Å². The van der Waals surface area contributed by atoms with Gasteiger partial charge < -0.3 is 19.7 Å². The Kier molecular flexibility index (Phi) is 7.65. The first-order valence-corrected chi connectivity index (χ1v) is 8.97. The van der Waals surface area contributed by atoms with E-state index in [1.54, 1.807) is 7.11 Å². The summed E-state index contributed by atoms with van der Waals surface area (Å²) in [4.78, 5) is 6.87. The Bertz CT molecular complexity index is 576. The summed E-state index contributed by atoms with van der Waals surface area (Å²) in [6.07, 6.45) is 6.47. The standard InChI is InChI=1S/C19H29N3O2.HI/c1-20-18(22-12-10-19(15-22)8-4-9-19)21-11-5-13-24-17-7-3-6-16(14-17)23-2;/h3,6-7,14H,4-5,8-13,15H2,1-2H3,(H,20,21);1H. The van der Waals surface area contributed by atoms with Gasteiger partial charge in [0.1, 0.15) is 11.5 Å². The lowest BCUT2D eigenvalue weighted by Crippen LogP contribution is -2.43. The molecule has 0 radical (unpaired) electrons. The normalized spacial score (nSPS) is 18.5. The van der Waals surface area contributed by atoms with E-state index in [9.17, 15) is 0 Å². The van der Waals surface area contributed by atoms with Crippen molar-refractivity contribution in [2.45, 2.75) is 32.1 Å². The van der Waals surface area contributed by atoms with Gasteiger partial charge in [-0.2, -0.15) is 0 Å². The van der Waals surface area contributed by atoms with Crippen LogP contribution in [-0.4, -0.2) is 51.3 Å². The second-order valence-corrected chi connectivity index (χ2v) is 6.88. The summed E-state index contributed by atoms with van der Waals surface area (Å²) in [5.74, 6) is 2.72. The molecule has 1 spiro atoms. The third kappa shape index (κ3) is 5.15. The topological polar surface area (TPSA) is 46.1 Å². The van der Waals surface area contributed by atoms with E-state index in [2.05, 4.69) is 15.2 Å². The lowest BCUT2D eigenvalue weighted by molar-refractivity contribution is 0.151. The smallest absolute Gasteiger partial charge is 0.193 e. The van der Waals surface area contributed by atoms with Crippen molar-refractivity contribution in [3.05, 3.63) is 24.3 Å². The first-order chi connectivity index (χ1) is 11.7. The molecule has 0 bridgehead atoms. The molecular formula is C19H30IN3O2. The minimum absolute atomic E-state index is 0. The van der Waals surface area contributed by atoms with Crippen LogP contribution in [0.25, 0.3) is 0 Å². The van der Waals surface area contributed by atoms with Crippen LogP contribution in [0.3, 0.4) is 0 Å². The van der Waals surface area contributed by atoms with Crippen LogP contribution in [0.5, 0.6) is 11.5 Å². The van der Waals surface area contributed by atoms with Gasteiger partial charge in [0.2, 0.25) is 0 Å². The van der Waals surface area contributed by atoms with Gasteiger partial charge in [-0.1, -0.05) is 12.5 Å². The average Bonchev–Trinajstić information content (AvgIpc) is 3.04. The Morgan fingerprint density at radius 1 is 1.28 bits per heavy atom.